The molecule has 0 heterocycles. The van der Waals surface area contributed by atoms with Crippen LogP contribution in [0.2, 0.25) is 0 Å². The number of nitrogens with one attached hydrogen (secondary N) is 2. The van der Waals surface area contributed by atoms with Crippen molar-refractivity contribution < 1.29 is 19.5 Å². The second kappa shape index (κ2) is 11.1. The van der Waals surface area contributed by atoms with E-state index in [1.165, 1.54) is 4.90 Å². The SMILES string of the molecule is CNC(=O)CCN(C)C(=O)NCCCCCCC(=O)O. The zero-order valence-electron chi connectivity index (χ0n) is 12.3. The lowest BCUT2D eigenvalue weighted by atomic mass is 10.1. The van der Waals surface area contributed by atoms with E-state index in [-0.39, 0.29) is 24.8 Å². The molecule has 0 spiro atoms. The summed E-state index contributed by atoms with van der Waals surface area (Å²) in [5, 5.41) is 13.7. The minimum atomic E-state index is -0.768. The van der Waals surface area contributed by atoms with E-state index in [4.69, 9.17) is 5.11 Å². The number of carboxylic acid groups (broad SMARTS) is 1. The quantitative estimate of drug-likeness (QED) is 0.517. The number of urea groups is 1. The zero-order chi connectivity index (χ0) is 15.4. The Morgan fingerprint density at radius 3 is 2.30 bits per heavy atom. The highest BCUT2D eigenvalue weighted by molar-refractivity contribution is 5.77. The van der Waals surface area contributed by atoms with Gasteiger partial charge in [-0.1, -0.05) is 12.8 Å². The fourth-order valence-electron chi connectivity index (χ4n) is 1.58. The Labute approximate surface area is 119 Å². The average molecular weight is 287 g/mol. The van der Waals surface area contributed by atoms with Crippen LogP contribution in [0.3, 0.4) is 0 Å². The van der Waals surface area contributed by atoms with Gasteiger partial charge in [-0.3, -0.25) is 9.59 Å². The number of hydrogen-bond donors (Lipinski definition) is 3. The molecular weight excluding hydrogens is 262 g/mol. The van der Waals surface area contributed by atoms with Crippen LogP contribution < -0.4 is 10.6 Å². The van der Waals surface area contributed by atoms with Crippen LogP contribution in [0.5, 0.6) is 0 Å². The van der Waals surface area contributed by atoms with E-state index in [0.717, 1.165) is 19.3 Å². The number of rotatable bonds is 10. The van der Waals surface area contributed by atoms with Crippen LogP contribution in [0.15, 0.2) is 0 Å². The molecule has 0 aromatic carbocycles. The normalized spacial score (nSPS) is 9.90. The zero-order valence-corrected chi connectivity index (χ0v) is 12.3. The van der Waals surface area contributed by atoms with Gasteiger partial charge in [0.15, 0.2) is 0 Å². The van der Waals surface area contributed by atoms with Crippen molar-refractivity contribution in [3.05, 3.63) is 0 Å². The number of hydrogen-bond acceptors (Lipinski definition) is 3. The van der Waals surface area contributed by atoms with Gasteiger partial charge in [-0.2, -0.15) is 0 Å². The van der Waals surface area contributed by atoms with Crippen LogP contribution in [0.4, 0.5) is 4.79 Å². The summed E-state index contributed by atoms with van der Waals surface area (Å²) in [5.74, 6) is -0.862. The van der Waals surface area contributed by atoms with Crippen LogP contribution in [-0.2, 0) is 9.59 Å². The topological polar surface area (TPSA) is 98.7 Å². The Hall–Kier alpha value is -1.79. The Bertz CT molecular complexity index is 321. The molecule has 0 aliphatic heterocycles. The summed E-state index contributed by atoms with van der Waals surface area (Å²) in [7, 11) is 3.21. The lowest BCUT2D eigenvalue weighted by molar-refractivity contribution is -0.137. The third-order valence-electron chi connectivity index (χ3n) is 2.89. The molecular formula is C13H25N3O4. The third-order valence-corrected chi connectivity index (χ3v) is 2.89. The first kappa shape index (κ1) is 18.2. The molecule has 0 aliphatic carbocycles. The van der Waals surface area contributed by atoms with Crippen molar-refractivity contribution in [1.82, 2.24) is 15.5 Å². The van der Waals surface area contributed by atoms with Gasteiger partial charge in [-0.15, -0.1) is 0 Å². The number of aliphatic carboxylic acids is 1. The largest absolute Gasteiger partial charge is 0.481 e. The van der Waals surface area contributed by atoms with Gasteiger partial charge < -0.3 is 20.6 Å². The first-order chi connectivity index (χ1) is 9.47. The molecule has 0 aromatic rings. The molecule has 20 heavy (non-hydrogen) atoms. The monoisotopic (exact) mass is 287 g/mol. The summed E-state index contributed by atoms with van der Waals surface area (Å²) in [5.41, 5.74) is 0. The summed E-state index contributed by atoms with van der Waals surface area (Å²) in [6.07, 6.45) is 3.75. The maximum atomic E-state index is 11.6. The van der Waals surface area contributed by atoms with Crippen LogP contribution in [0.1, 0.15) is 38.5 Å². The maximum Gasteiger partial charge on any atom is 0.317 e. The highest BCUT2D eigenvalue weighted by Gasteiger charge is 2.08. The molecule has 3 amide bonds. The van der Waals surface area contributed by atoms with Crippen molar-refractivity contribution in [2.45, 2.75) is 38.5 Å². The second-order valence-corrected chi connectivity index (χ2v) is 4.63. The van der Waals surface area contributed by atoms with E-state index in [1.807, 2.05) is 0 Å². The minimum Gasteiger partial charge on any atom is -0.481 e. The van der Waals surface area contributed by atoms with E-state index >= 15 is 0 Å². The third kappa shape index (κ3) is 10.2. The molecule has 0 radical (unpaired) electrons. The van der Waals surface area contributed by atoms with E-state index < -0.39 is 5.97 Å². The number of carbonyl (C=O) groups is 3. The first-order valence-corrected chi connectivity index (χ1v) is 6.88. The second-order valence-electron chi connectivity index (χ2n) is 4.63. The average Bonchev–Trinajstić information content (AvgIpc) is 2.42. The van der Waals surface area contributed by atoms with E-state index in [0.29, 0.717) is 19.5 Å². The van der Waals surface area contributed by atoms with Crippen molar-refractivity contribution in [3.63, 3.8) is 0 Å². The Balaban J connectivity index is 3.52. The first-order valence-electron chi connectivity index (χ1n) is 6.88. The molecule has 0 aromatic heterocycles. The molecule has 7 heteroatoms. The smallest absolute Gasteiger partial charge is 0.317 e. The number of carboxylic acids is 1. The van der Waals surface area contributed by atoms with Crippen LogP contribution in [-0.4, -0.2) is 55.1 Å². The number of unbranched alkanes of at least 4 members (excludes halogenated alkanes) is 3. The highest BCUT2D eigenvalue weighted by atomic mass is 16.4. The van der Waals surface area contributed by atoms with Crippen molar-refractivity contribution in [1.29, 1.82) is 0 Å². The standard InChI is InChI=1S/C13H25N3O4/c1-14-11(17)8-10-16(2)13(20)15-9-6-4-3-5-7-12(18)19/h3-10H2,1-2H3,(H,14,17)(H,15,20)(H,18,19). The number of amides is 3. The van der Waals surface area contributed by atoms with Gasteiger partial charge in [0.25, 0.3) is 0 Å². The van der Waals surface area contributed by atoms with Gasteiger partial charge in [-0.25, -0.2) is 4.79 Å². The molecule has 0 saturated heterocycles. The maximum absolute atomic E-state index is 11.6. The Morgan fingerprint density at radius 1 is 1.05 bits per heavy atom. The lowest BCUT2D eigenvalue weighted by Crippen LogP contribution is -2.39. The van der Waals surface area contributed by atoms with Gasteiger partial charge in [-0.05, 0) is 12.8 Å². The summed E-state index contributed by atoms with van der Waals surface area (Å²) in [4.78, 5) is 34.4. The Morgan fingerprint density at radius 2 is 1.70 bits per heavy atom. The van der Waals surface area contributed by atoms with Crippen molar-refractivity contribution in [3.8, 4) is 0 Å². The van der Waals surface area contributed by atoms with Gasteiger partial charge in [0.1, 0.15) is 0 Å². The molecule has 0 rings (SSSR count). The number of nitrogens with zero attached hydrogens (tertiary/aromatic N) is 1. The Kier molecular flexibility index (Phi) is 10.1. The van der Waals surface area contributed by atoms with E-state index in [2.05, 4.69) is 10.6 Å². The van der Waals surface area contributed by atoms with Crippen molar-refractivity contribution in [2.24, 2.45) is 0 Å². The molecule has 0 aliphatic rings. The lowest BCUT2D eigenvalue weighted by Gasteiger charge is -2.17. The molecule has 7 nitrogen and oxygen atoms in total. The van der Waals surface area contributed by atoms with Gasteiger partial charge in [0, 0.05) is 40.0 Å². The molecule has 0 unspecified atom stereocenters. The van der Waals surface area contributed by atoms with Crippen molar-refractivity contribution >= 4 is 17.9 Å². The number of carbonyl (C=O) groups excluding carboxylic acids is 2. The minimum absolute atomic E-state index is 0.0944. The van der Waals surface area contributed by atoms with E-state index in [9.17, 15) is 14.4 Å². The van der Waals surface area contributed by atoms with Gasteiger partial charge in [0.2, 0.25) is 5.91 Å². The molecule has 0 saturated carbocycles. The molecule has 0 fully saturated rings. The summed E-state index contributed by atoms with van der Waals surface area (Å²) in [6.45, 7) is 0.945. The van der Waals surface area contributed by atoms with Gasteiger partial charge in [0.05, 0.1) is 0 Å². The van der Waals surface area contributed by atoms with Crippen LogP contribution in [0, 0.1) is 0 Å². The van der Waals surface area contributed by atoms with E-state index in [1.54, 1.807) is 14.1 Å². The summed E-state index contributed by atoms with van der Waals surface area (Å²) >= 11 is 0. The highest BCUT2D eigenvalue weighted by Crippen LogP contribution is 2.02. The molecule has 0 atom stereocenters. The molecule has 0 bridgehead atoms. The fraction of sp³-hybridized carbons (Fsp3) is 0.769. The van der Waals surface area contributed by atoms with Gasteiger partial charge >= 0.3 is 12.0 Å². The summed E-state index contributed by atoms with van der Waals surface area (Å²) < 4.78 is 0. The van der Waals surface area contributed by atoms with Crippen molar-refractivity contribution in [2.75, 3.05) is 27.2 Å². The summed E-state index contributed by atoms with van der Waals surface area (Å²) in [6, 6.07) is -0.195. The van der Waals surface area contributed by atoms with Crippen LogP contribution in [0.25, 0.3) is 0 Å². The molecule has 116 valence electrons. The van der Waals surface area contributed by atoms with Crippen LogP contribution >= 0.6 is 0 Å². The fourth-order valence-corrected chi connectivity index (χ4v) is 1.58. The molecule has 3 N–H and O–H groups in total. The predicted molar refractivity (Wildman–Crippen MR) is 75.4 cm³/mol. The predicted octanol–water partition coefficient (Wildman–Crippen LogP) is 0.799.